The number of amides is 1. The number of carbonyl (C=O) groups is 1. The van der Waals surface area contributed by atoms with Crippen LogP contribution in [0.3, 0.4) is 0 Å². The lowest BCUT2D eigenvalue weighted by Crippen LogP contribution is -2.54. The number of fused-ring (bicyclic) bond motifs is 1. The molecule has 1 aromatic rings. The Kier molecular flexibility index (Phi) is 5.76. The van der Waals surface area contributed by atoms with E-state index in [1.807, 2.05) is 18.2 Å². The molecule has 1 aliphatic heterocycles. The van der Waals surface area contributed by atoms with Crippen molar-refractivity contribution in [1.29, 1.82) is 0 Å². The molecule has 3 rings (SSSR count). The highest BCUT2D eigenvalue weighted by molar-refractivity contribution is 5.85. The molecule has 6 heteroatoms. The first-order valence-corrected chi connectivity index (χ1v) is 7.97. The Morgan fingerprint density at radius 1 is 1.43 bits per heavy atom. The van der Waals surface area contributed by atoms with E-state index >= 15 is 0 Å². The van der Waals surface area contributed by atoms with Crippen LogP contribution in [0.15, 0.2) is 18.2 Å². The van der Waals surface area contributed by atoms with Gasteiger partial charge in [-0.1, -0.05) is 12.8 Å². The van der Waals surface area contributed by atoms with E-state index in [1.165, 1.54) is 0 Å². The van der Waals surface area contributed by atoms with Gasteiger partial charge >= 0.3 is 0 Å². The Morgan fingerprint density at radius 2 is 2.17 bits per heavy atom. The van der Waals surface area contributed by atoms with E-state index < -0.39 is 0 Å². The van der Waals surface area contributed by atoms with Crippen LogP contribution in [0, 0.1) is 5.92 Å². The largest absolute Gasteiger partial charge is 0.497 e. The fourth-order valence-corrected chi connectivity index (χ4v) is 3.46. The molecule has 0 bridgehead atoms. The van der Waals surface area contributed by atoms with E-state index in [1.54, 1.807) is 7.11 Å². The SMILES string of the molecule is COc1ccc2c(c1)CC(C(=O)NC1(CN)CCCC1)CO2.Cl. The third kappa shape index (κ3) is 3.72. The zero-order chi connectivity index (χ0) is 15.6. The smallest absolute Gasteiger partial charge is 0.227 e. The minimum atomic E-state index is -0.203. The molecular weight excluding hydrogens is 316 g/mol. The number of hydrogen-bond donors (Lipinski definition) is 2. The Hall–Kier alpha value is -1.46. The van der Waals surface area contributed by atoms with Crippen molar-refractivity contribution in [2.24, 2.45) is 11.7 Å². The quantitative estimate of drug-likeness (QED) is 0.879. The molecule has 0 aromatic heterocycles. The van der Waals surface area contributed by atoms with Crippen molar-refractivity contribution in [3.8, 4) is 11.5 Å². The van der Waals surface area contributed by atoms with Gasteiger partial charge in [0.1, 0.15) is 18.1 Å². The van der Waals surface area contributed by atoms with E-state index in [4.69, 9.17) is 15.2 Å². The monoisotopic (exact) mass is 340 g/mol. The Balaban J connectivity index is 0.00000192. The normalized spacial score (nSPS) is 21.6. The summed E-state index contributed by atoms with van der Waals surface area (Å²) in [6, 6.07) is 5.73. The molecule has 128 valence electrons. The maximum absolute atomic E-state index is 12.6. The summed E-state index contributed by atoms with van der Waals surface area (Å²) in [5, 5.41) is 3.20. The minimum Gasteiger partial charge on any atom is -0.497 e. The number of methoxy groups -OCH3 is 1. The number of nitrogens with two attached hydrogens (primary N) is 1. The number of hydrogen-bond acceptors (Lipinski definition) is 4. The average molecular weight is 341 g/mol. The van der Waals surface area contributed by atoms with Crippen molar-refractivity contribution in [2.45, 2.75) is 37.6 Å². The molecule has 0 saturated heterocycles. The van der Waals surface area contributed by atoms with Crippen LogP contribution in [-0.2, 0) is 11.2 Å². The van der Waals surface area contributed by atoms with Gasteiger partial charge in [0.15, 0.2) is 0 Å². The lowest BCUT2D eigenvalue weighted by atomic mass is 9.92. The molecule has 1 aromatic carbocycles. The number of carbonyl (C=O) groups excluding carboxylic acids is 1. The fourth-order valence-electron chi connectivity index (χ4n) is 3.46. The molecule has 1 saturated carbocycles. The van der Waals surface area contributed by atoms with Crippen LogP contribution >= 0.6 is 12.4 Å². The van der Waals surface area contributed by atoms with Gasteiger partial charge in [0.2, 0.25) is 5.91 Å². The molecule has 0 radical (unpaired) electrons. The summed E-state index contributed by atoms with van der Waals surface area (Å²) in [4.78, 5) is 12.6. The summed E-state index contributed by atoms with van der Waals surface area (Å²) in [5.74, 6) is 1.53. The second kappa shape index (κ2) is 7.41. The second-order valence-corrected chi connectivity index (χ2v) is 6.37. The lowest BCUT2D eigenvalue weighted by Gasteiger charge is -2.32. The highest BCUT2D eigenvalue weighted by Crippen LogP contribution is 2.32. The summed E-state index contributed by atoms with van der Waals surface area (Å²) in [7, 11) is 1.64. The van der Waals surface area contributed by atoms with Crippen LogP contribution in [0.4, 0.5) is 0 Å². The number of halogens is 1. The van der Waals surface area contributed by atoms with Crippen molar-refractivity contribution < 1.29 is 14.3 Å². The summed E-state index contributed by atoms with van der Waals surface area (Å²) in [5.41, 5.74) is 6.72. The Bertz CT molecular complexity index is 559. The zero-order valence-corrected chi connectivity index (χ0v) is 14.3. The highest BCUT2D eigenvalue weighted by atomic mass is 35.5. The molecular formula is C17H25ClN2O3. The van der Waals surface area contributed by atoms with E-state index in [0.29, 0.717) is 19.6 Å². The predicted octanol–water partition coefficient (Wildman–Crippen LogP) is 2.06. The minimum absolute atomic E-state index is 0. The molecule has 0 spiro atoms. The summed E-state index contributed by atoms with van der Waals surface area (Å²) in [6.45, 7) is 0.933. The van der Waals surface area contributed by atoms with Gasteiger partial charge in [-0.3, -0.25) is 4.79 Å². The van der Waals surface area contributed by atoms with Gasteiger partial charge in [-0.15, -0.1) is 12.4 Å². The fraction of sp³-hybridized carbons (Fsp3) is 0.588. The molecule has 2 aliphatic rings. The predicted molar refractivity (Wildman–Crippen MR) is 91.3 cm³/mol. The molecule has 1 atom stereocenters. The lowest BCUT2D eigenvalue weighted by molar-refractivity contribution is -0.128. The Morgan fingerprint density at radius 3 is 2.83 bits per heavy atom. The number of ether oxygens (including phenoxy) is 2. The van der Waals surface area contributed by atoms with Crippen LogP contribution in [0.2, 0.25) is 0 Å². The van der Waals surface area contributed by atoms with Gasteiger partial charge in [0, 0.05) is 6.54 Å². The number of benzene rings is 1. The van der Waals surface area contributed by atoms with E-state index in [9.17, 15) is 4.79 Å². The van der Waals surface area contributed by atoms with Gasteiger partial charge in [0.25, 0.3) is 0 Å². The topological polar surface area (TPSA) is 73.6 Å². The van der Waals surface area contributed by atoms with E-state index in [-0.39, 0.29) is 29.8 Å². The van der Waals surface area contributed by atoms with Crippen LogP contribution < -0.4 is 20.5 Å². The first-order chi connectivity index (χ1) is 10.7. The number of nitrogens with one attached hydrogen (secondary N) is 1. The van der Waals surface area contributed by atoms with Crippen LogP contribution in [0.25, 0.3) is 0 Å². The molecule has 1 aliphatic carbocycles. The first-order valence-electron chi connectivity index (χ1n) is 7.97. The van der Waals surface area contributed by atoms with Crippen molar-refractivity contribution in [3.63, 3.8) is 0 Å². The average Bonchev–Trinajstić information content (AvgIpc) is 3.02. The van der Waals surface area contributed by atoms with Gasteiger partial charge in [-0.2, -0.15) is 0 Å². The first kappa shape index (κ1) is 17.9. The molecule has 23 heavy (non-hydrogen) atoms. The standard InChI is InChI=1S/C17H24N2O3.ClH/c1-21-14-4-5-15-12(9-14)8-13(10-22-15)16(20)19-17(11-18)6-2-3-7-17;/h4-5,9,13H,2-3,6-8,10-11,18H2,1H3,(H,19,20);1H. The highest BCUT2D eigenvalue weighted by Gasteiger charge is 2.36. The van der Waals surface area contributed by atoms with Crippen LogP contribution in [0.1, 0.15) is 31.2 Å². The second-order valence-electron chi connectivity index (χ2n) is 6.37. The number of rotatable bonds is 4. The van der Waals surface area contributed by atoms with Gasteiger partial charge < -0.3 is 20.5 Å². The van der Waals surface area contributed by atoms with Crippen LogP contribution in [0.5, 0.6) is 11.5 Å². The molecule has 1 amide bonds. The van der Waals surface area contributed by atoms with Gasteiger partial charge in [-0.05, 0) is 43.0 Å². The maximum atomic E-state index is 12.6. The third-order valence-electron chi connectivity index (χ3n) is 4.88. The molecule has 1 unspecified atom stereocenters. The summed E-state index contributed by atoms with van der Waals surface area (Å²) >= 11 is 0. The summed E-state index contributed by atoms with van der Waals surface area (Å²) in [6.07, 6.45) is 4.91. The maximum Gasteiger partial charge on any atom is 0.227 e. The summed E-state index contributed by atoms with van der Waals surface area (Å²) < 4.78 is 11.0. The van der Waals surface area contributed by atoms with Crippen molar-refractivity contribution >= 4 is 18.3 Å². The third-order valence-corrected chi connectivity index (χ3v) is 4.88. The Labute approximate surface area is 143 Å². The van der Waals surface area contributed by atoms with Gasteiger partial charge in [-0.25, -0.2) is 0 Å². The zero-order valence-electron chi connectivity index (χ0n) is 13.5. The van der Waals surface area contributed by atoms with Crippen molar-refractivity contribution in [1.82, 2.24) is 5.32 Å². The van der Waals surface area contributed by atoms with E-state index in [2.05, 4.69) is 5.32 Å². The van der Waals surface area contributed by atoms with E-state index in [0.717, 1.165) is 42.7 Å². The molecule has 1 heterocycles. The molecule has 3 N–H and O–H groups in total. The van der Waals surface area contributed by atoms with Crippen LogP contribution in [-0.4, -0.2) is 31.7 Å². The molecule has 1 fully saturated rings. The van der Waals surface area contributed by atoms with Crippen molar-refractivity contribution in [3.05, 3.63) is 23.8 Å². The van der Waals surface area contributed by atoms with Crippen molar-refractivity contribution in [2.75, 3.05) is 20.3 Å². The van der Waals surface area contributed by atoms with Gasteiger partial charge in [0.05, 0.1) is 18.6 Å². The molecule has 5 nitrogen and oxygen atoms in total.